The summed E-state index contributed by atoms with van der Waals surface area (Å²) in [6, 6.07) is 5.63. The zero-order valence-corrected chi connectivity index (χ0v) is 22.9. The number of nitrogens with zero attached hydrogens (tertiary/aromatic N) is 4. The molecule has 11 heteroatoms. The Hall–Kier alpha value is -2.60. The summed E-state index contributed by atoms with van der Waals surface area (Å²) in [6.45, 7) is 7.72. The lowest BCUT2D eigenvalue weighted by atomic mass is 10.0. The van der Waals surface area contributed by atoms with E-state index in [0.29, 0.717) is 12.0 Å². The molecule has 1 aromatic carbocycles. The second-order valence-electron chi connectivity index (χ2n) is 10.9. The summed E-state index contributed by atoms with van der Waals surface area (Å²) < 4.78 is 19.9. The first-order chi connectivity index (χ1) is 18.2. The number of ether oxygens (including phenoxy) is 1. The Morgan fingerprint density at radius 2 is 1.92 bits per heavy atom. The summed E-state index contributed by atoms with van der Waals surface area (Å²) in [5.41, 5.74) is 2.21. The second-order valence-corrected chi connectivity index (χ2v) is 11.7. The van der Waals surface area contributed by atoms with Gasteiger partial charge in [0.2, 0.25) is 5.91 Å². The van der Waals surface area contributed by atoms with E-state index in [1.165, 1.54) is 4.90 Å². The minimum atomic E-state index is -1.36. The fourth-order valence-electron chi connectivity index (χ4n) is 5.45. The number of alkyl halides is 1. The topological polar surface area (TPSA) is 98.2 Å². The van der Waals surface area contributed by atoms with Crippen LogP contribution in [0, 0.1) is 5.92 Å². The average Bonchev–Trinajstić information content (AvgIpc) is 3.62. The number of likely N-dealkylation sites (tertiary alicyclic amines) is 1. The molecule has 0 bridgehead atoms. The Morgan fingerprint density at radius 3 is 2.61 bits per heavy atom. The van der Waals surface area contributed by atoms with Crippen LogP contribution >= 0.6 is 11.3 Å². The van der Waals surface area contributed by atoms with E-state index in [1.54, 1.807) is 23.5 Å². The van der Waals surface area contributed by atoms with Crippen LogP contribution < -0.4 is 10.2 Å². The molecule has 0 saturated carbocycles. The number of hydrogen-bond acceptors (Lipinski definition) is 8. The van der Waals surface area contributed by atoms with Gasteiger partial charge >= 0.3 is 0 Å². The highest BCUT2D eigenvalue weighted by atomic mass is 32.1. The maximum atomic E-state index is 14.5. The monoisotopic (exact) mass is 545 g/mol. The molecular formula is C27H36FN5O4S. The maximum Gasteiger partial charge on any atom is 0.251 e. The number of amides is 2. The van der Waals surface area contributed by atoms with Gasteiger partial charge in [-0.1, -0.05) is 26.0 Å². The van der Waals surface area contributed by atoms with E-state index in [4.69, 9.17) is 9.72 Å². The van der Waals surface area contributed by atoms with Crippen molar-refractivity contribution in [2.45, 2.75) is 50.7 Å². The predicted octanol–water partition coefficient (Wildman–Crippen LogP) is 2.01. The maximum absolute atomic E-state index is 14.5. The number of carbonyl (C=O) groups is 2. The third-order valence-electron chi connectivity index (χ3n) is 7.58. The van der Waals surface area contributed by atoms with Crippen molar-refractivity contribution >= 4 is 28.3 Å². The van der Waals surface area contributed by atoms with E-state index in [-0.39, 0.29) is 30.9 Å². The lowest BCUT2D eigenvalue weighted by molar-refractivity contribution is -0.136. The van der Waals surface area contributed by atoms with Crippen LogP contribution in [-0.2, 0) is 9.53 Å². The molecule has 3 fully saturated rings. The predicted molar refractivity (Wildman–Crippen MR) is 144 cm³/mol. The molecule has 38 heavy (non-hydrogen) atoms. The molecule has 0 radical (unpaired) electrons. The molecule has 5 atom stereocenters. The molecule has 206 valence electrons. The number of halogens is 1. The number of likely N-dealkylation sites (N-methyl/N-ethyl adjacent to an activating group) is 1. The summed E-state index contributed by atoms with van der Waals surface area (Å²) in [6.07, 6.45) is -2.71. The van der Waals surface area contributed by atoms with Gasteiger partial charge < -0.3 is 29.9 Å². The van der Waals surface area contributed by atoms with Gasteiger partial charge in [-0.15, -0.1) is 11.3 Å². The van der Waals surface area contributed by atoms with Gasteiger partial charge in [-0.05, 0) is 31.5 Å². The van der Waals surface area contributed by atoms with Crippen molar-refractivity contribution in [3.63, 3.8) is 0 Å². The molecule has 2 N–H and O–H groups in total. The average molecular weight is 546 g/mol. The molecular weight excluding hydrogens is 509 g/mol. The van der Waals surface area contributed by atoms with Crippen LogP contribution in [0.2, 0.25) is 0 Å². The number of thiazole rings is 1. The number of aliphatic hydroxyl groups is 1. The van der Waals surface area contributed by atoms with Crippen molar-refractivity contribution < 1.29 is 23.8 Å². The van der Waals surface area contributed by atoms with Crippen molar-refractivity contribution in [1.82, 2.24) is 20.1 Å². The molecule has 1 aromatic heterocycles. The largest absolute Gasteiger partial charge is 0.388 e. The molecule has 3 saturated heterocycles. The van der Waals surface area contributed by atoms with Crippen LogP contribution in [0.5, 0.6) is 0 Å². The van der Waals surface area contributed by atoms with Gasteiger partial charge in [-0.3, -0.25) is 9.59 Å². The Labute approximate surface area is 226 Å². The van der Waals surface area contributed by atoms with Crippen molar-refractivity contribution in [2.24, 2.45) is 5.92 Å². The number of aliphatic hydroxyl groups excluding tert-OH is 1. The molecule has 5 rings (SSSR count). The summed E-state index contributed by atoms with van der Waals surface area (Å²) in [5.74, 6) is -0.639. The molecule has 2 amide bonds. The highest BCUT2D eigenvalue weighted by molar-refractivity contribution is 7.14. The molecule has 2 aromatic rings. The number of hydrogen-bond donors (Lipinski definition) is 2. The first kappa shape index (κ1) is 27.0. The van der Waals surface area contributed by atoms with Crippen molar-refractivity contribution in [3.8, 4) is 11.3 Å². The quantitative estimate of drug-likeness (QED) is 0.549. The molecule has 3 aliphatic heterocycles. The Bertz CT molecular complexity index is 1140. The molecule has 0 spiro atoms. The van der Waals surface area contributed by atoms with Crippen LogP contribution in [0.15, 0.2) is 29.6 Å². The van der Waals surface area contributed by atoms with Crippen LogP contribution in [-0.4, -0.2) is 109 Å². The summed E-state index contributed by atoms with van der Waals surface area (Å²) in [7, 11) is 2.12. The normalized spacial score (nSPS) is 26.6. The van der Waals surface area contributed by atoms with E-state index < -0.39 is 30.5 Å². The highest BCUT2D eigenvalue weighted by Crippen LogP contribution is 2.33. The molecule has 9 nitrogen and oxygen atoms in total. The SMILES string of the molecule is CC(C)C[C@H](NC(=O)c1ccc(-c2csc(N3CCN(C)CC3)n2)cc1)C(=O)N1C[C@H](F)[C@H]2OC[C@H](O)[C@H]21. The third-order valence-corrected chi connectivity index (χ3v) is 8.48. The van der Waals surface area contributed by atoms with Gasteiger partial charge in [0.15, 0.2) is 5.13 Å². The lowest BCUT2D eigenvalue weighted by Crippen LogP contribution is -2.53. The molecule has 0 unspecified atom stereocenters. The first-order valence-corrected chi connectivity index (χ1v) is 14.1. The highest BCUT2D eigenvalue weighted by Gasteiger charge is 2.53. The number of fused-ring (bicyclic) bond motifs is 1. The van der Waals surface area contributed by atoms with Gasteiger partial charge in [0.05, 0.1) is 24.9 Å². The number of rotatable bonds is 7. The zero-order valence-electron chi connectivity index (χ0n) is 22.0. The molecule has 3 aliphatic rings. The van der Waals surface area contributed by atoms with Crippen LogP contribution in [0.4, 0.5) is 9.52 Å². The van der Waals surface area contributed by atoms with Gasteiger partial charge in [0.25, 0.3) is 5.91 Å². The van der Waals surface area contributed by atoms with E-state index in [0.717, 1.165) is 42.6 Å². The zero-order chi connectivity index (χ0) is 27.0. The van der Waals surface area contributed by atoms with Gasteiger partial charge in [-0.2, -0.15) is 0 Å². The van der Waals surface area contributed by atoms with E-state index in [9.17, 15) is 19.1 Å². The fraction of sp³-hybridized carbons (Fsp3) is 0.593. The van der Waals surface area contributed by atoms with Crippen LogP contribution in [0.3, 0.4) is 0 Å². The standard InChI is InChI=1S/C27H36FN5O4S/c1-16(2)12-20(26(36)33-13-19(28)24-23(33)22(34)14-37-24)29-25(35)18-6-4-17(5-7-18)21-15-38-27(30-21)32-10-8-31(3)9-11-32/h4-7,15-16,19-20,22-24,34H,8-14H2,1-3H3,(H,29,35)/t19-,20-,22-,23+,24+/m0/s1. The second kappa shape index (κ2) is 11.3. The smallest absolute Gasteiger partial charge is 0.251 e. The summed E-state index contributed by atoms with van der Waals surface area (Å²) >= 11 is 1.62. The summed E-state index contributed by atoms with van der Waals surface area (Å²) in [5, 5.41) is 16.2. The van der Waals surface area contributed by atoms with E-state index in [1.807, 2.05) is 31.4 Å². The minimum Gasteiger partial charge on any atom is -0.388 e. The van der Waals surface area contributed by atoms with E-state index in [2.05, 4.69) is 22.2 Å². The van der Waals surface area contributed by atoms with Crippen molar-refractivity contribution in [1.29, 1.82) is 0 Å². The third kappa shape index (κ3) is 5.56. The number of carbonyl (C=O) groups excluding carboxylic acids is 2. The number of aromatic nitrogens is 1. The van der Waals surface area contributed by atoms with E-state index >= 15 is 0 Å². The molecule has 4 heterocycles. The van der Waals surface area contributed by atoms with Crippen molar-refractivity contribution in [3.05, 3.63) is 35.2 Å². The molecule has 0 aliphatic carbocycles. The van der Waals surface area contributed by atoms with Gasteiger partial charge in [0.1, 0.15) is 24.4 Å². The minimum absolute atomic E-state index is 0.00292. The number of piperazine rings is 1. The fourth-order valence-corrected chi connectivity index (χ4v) is 6.34. The van der Waals surface area contributed by atoms with Crippen LogP contribution in [0.1, 0.15) is 30.6 Å². The van der Waals surface area contributed by atoms with Gasteiger partial charge in [-0.25, -0.2) is 9.37 Å². The number of anilines is 1. The Morgan fingerprint density at radius 1 is 1.21 bits per heavy atom. The first-order valence-electron chi connectivity index (χ1n) is 13.3. The van der Waals surface area contributed by atoms with Crippen LogP contribution in [0.25, 0.3) is 11.3 Å². The Balaban J connectivity index is 1.25. The summed E-state index contributed by atoms with van der Waals surface area (Å²) in [4.78, 5) is 37.3. The number of nitrogens with one attached hydrogen (secondary N) is 1. The van der Waals surface area contributed by atoms with Gasteiger partial charge in [0, 0.05) is 42.7 Å². The lowest BCUT2D eigenvalue weighted by Gasteiger charge is -2.32. The number of benzene rings is 1. The van der Waals surface area contributed by atoms with Crippen molar-refractivity contribution in [2.75, 3.05) is 51.3 Å². The Kier molecular flexibility index (Phi) is 7.99.